The molecule has 0 radical (unpaired) electrons. The fourth-order valence-electron chi connectivity index (χ4n) is 5.73. The quantitative estimate of drug-likeness (QED) is 0.550. The van der Waals surface area contributed by atoms with Crippen LogP contribution < -0.4 is 0 Å². The van der Waals surface area contributed by atoms with Crippen LogP contribution in [0.3, 0.4) is 0 Å². The maximum atomic E-state index is 15.2. The number of carbonyl (C=O) groups is 2. The molecule has 1 amide bonds. The second-order valence-corrected chi connectivity index (χ2v) is 11.1. The molecule has 37 heavy (non-hydrogen) atoms. The zero-order chi connectivity index (χ0) is 25.9. The highest BCUT2D eigenvalue weighted by atomic mass is 19.1. The summed E-state index contributed by atoms with van der Waals surface area (Å²) in [6.45, 7) is 5.88. The zero-order valence-corrected chi connectivity index (χ0v) is 21.1. The number of aromatic nitrogens is 3. The van der Waals surface area contributed by atoms with E-state index in [0.29, 0.717) is 54.3 Å². The van der Waals surface area contributed by atoms with Crippen molar-refractivity contribution in [3.63, 3.8) is 0 Å². The summed E-state index contributed by atoms with van der Waals surface area (Å²) in [6.07, 6.45) is 4.73. The fourth-order valence-corrected chi connectivity index (χ4v) is 5.73. The van der Waals surface area contributed by atoms with Crippen LogP contribution in [0, 0.1) is 11.7 Å². The van der Waals surface area contributed by atoms with E-state index in [2.05, 4.69) is 18.8 Å². The van der Waals surface area contributed by atoms with Crippen LogP contribution in [0.1, 0.15) is 73.6 Å². The summed E-state index contributed by atoms with van der Waals surface area (Å²) in [6, 6.07) is 8.54. The average molecular weight is 507 g/mol. The highest BCUT2D eigenvalue weighted by Crippen LogP contribution is 2.48. The summed E-state index contributed by atoms with van der Waals surface area (Å²) in [4.78, 5) is 31.4. The SMILES string of the molecule is C[C@@H]1CCCCCN1C(=O)c1cc(C2(C)COC2)n2nc(-c3ccc(C4C[C@H]4C(=O)O)cc3F)cc2n1. The Morgan fingerprint density at radius 3 is 2.65 bits per heavy atom. The average Bonchev–Trinajstić information content (AvgIpc) is 3.60. The Morgan fingerprint density at radius 1 is 1.16 bits per heavy atom. The van der Waals surface area contributed by atoms with Gasteiger partial charge < -0.3 is 14.7 Å². The van der Waals surface area contributed by atoms with Gasteiger partial charge in [-0.25, -0.2) is 13.9 Å². The molecular formula is C28H31FN4O4. The molecular weight excluding hydrogens is 475 g/mol. The molecule has 194 valence electrons. The minimum absolute atomic E-state index is 0.0855. The number of rotatable bonds is 5. The van der Waals surface area contributed by atoms with Crippen LogP contribution >= 0.6 is 0 Å². The number of amides is 1. The molecule has 2 saturated heterocycles. The number of fused-ring (bicyclic) bond motifs is 1. The summed E-state index contributed by atoms with van der Waals surface area (Å²) < 4.78 is 22.4. The molecule has 8 nitrogen and oxygen atoms in total. The van der Waals surface area contributed by atoms with Crippen molar-refractivity contribution in [2.24, 2.45) is 5.92 Å². The van der Waals surface area contributed by atoms with Crippen LogP contribution in [0.5, 0.6) is 0 Å². The van der Waals surface area contributed by atoms with Gasteiger partial charge in [-0.1, -0.05) is 18.9 Å². The van der Waals surface area contributed by atoms with E-state index in [4.69, 9.17) is 9.84 Å². The molecule has 2 aromatic heterocycles. The van der Waals surface area contributed by atoms with Crippen LogP contribution in [0.15, 0.2) is 30.3 Å². The first kappa shape index (κ1) is 24.0. The molecule has 3 aliphatic rings. The monoisotopic (exact) mass is 506 g/mol. The standard InChI is InChI=1S/C28H31FN4O4/c1-16-6-4-3-5-9-32(16)26(34)23-12-24(28(2)14-37-15-28)33-25(30-23)13-22(31-33)18-8-7-17(10-21(18)29)19-11-20(19)27(35)36/h7-8,10,12-13,16,19-20H,3-6,9,11,14-15H2,1-2H3,(H,35,36)/t16-,19?,20-/m1/s1. The molecule has 0 bridgehead atoms. The maximum absolute atomic E-state index is 15.2. The molecule has 3 aromatic rings. The van der Waals surface area contributed by atoms with Gasteiger partial charge in [0, 0.05) is 24.2 Å². The van der Waals surface area contributed by atoms with Crippen molar-refractivity contribution in [2.45, 2.75) is 63.3 Å². The lowest BCUT2D eigenvalue weighted by Crippen LogP contribution is -2.46. The van der Waals surface area contributed by atoms with Crippen LogP contribution in [-0.4, -0.2) is 62.3 Å². The number of carbonyl (C=O) groups excluding carboxylic acids is 1. The molecule has 1 saturated carbocycles. The highest BCUT2D eigenvalue weighted by molar-refractivity contribution is 5.93. The van der Waals surface area contributed by atoms with E-state index in [1.54, 1.807) is 22.7 Å². The summed E-state index contributed by atoms with van der Waals surface area (Å²) >= 11 is 0. The van der Waals surface area contributed by atoms with E-state index in [9.17, 15) is 14.7 Å². The van der Waals surface area contributed by atoms with Crippen LogP contribution in [0.25, 0.3) is 16.9 Å². The highest BCUT2D eigenvalue weighted by Gasteiger charge is 2.44. The van der Waals surface area contributed by atoms with E-state index in [1.807, 2.05) is 11.0 Å². The summed E-state index contributed by atoms with van der Waals surface area (Å²) in [5.74, 6) is -1.98. The van der Waals surface area contributed by atoms with Gasteiger partial charge in [0.1, 0.15) is 11.5 Å². The van der Waals surface area contributed by atoms with Crippen LogP contribution in [-0.2, 0) is 14.9 Å². The largest absolute Gasteiger partial charge is 0.481 e. The molecule has 0 spiro atoms. The third-order valence-corrected chi connectivity index (χ3v) is 8.22. The van der Waals surface area contributed by atoms with E-state index < -0.39 is 17.7 Å². The van der Waals surface area contributed by atoms with Gasteiger partial charge in [-0.3, -0.25) is 9.59 Å². The first-order chi connectivity index (χ1) is 17.7. The molecule has 2 aliphatic heterocycles. The van der Waals surface area contributed by atoms with Crippen molar-refractivity contribution in [3.8, 4) is 11.3 Å². The van der Waals surface area contributed by atoms with Gasteiger partial charge in [0.15, 0.2) is 5.65 Å². The predicted molar refractivity (Wildman–Crippen MR) is 134 cm³/mol. The number of hydrogen-bond donors (Lipinski definition) is 1. The summed E-state index contributed by atoms with van der Waals surface area (Å²) in [7, 11) is 0. The zero-order valence-electron chi connectivity index (χ0n) is 21.1. The van der Waals surface area contributed by atoms with Gasteiger partial charge in [0.25, 0.3) is 5.91 Å². The number of hydrogen-bond acceptors (Lipinski definition) is 5. The number of aliphatic carboxylic acids is 1. The third-order valence-electron chi connectivity index (χ3n) is 8.22. The topological polar surface area (TPSA) is 97.0 Å². The molecule has 1 unspecified atom stereocenters. The third kappa shape index (κ3) is 4.19. The number of nitrogens with zero attached hydrogens (tertiary/aromatic N) is 4. The fraction of sp³-hybridized carbons (Fsp3) is 0.500. The number of ether oxygens (including phenoxy) is 1. The van der Waals surface area contributed by atoms with Crippen LogP contribution in [0.2, 0.25) is 0 Å². The first-order valence-electron chi connectivity index (χ1n) is 13.1. The number of halogens is 1. The Kier molecular flexibility index (Phi) is 5.78. The lowest BCUT2D eigenvalue weighted by molar-refractivity contribution is -0.138. The van der Waals surface area contributed by atoms with E-state index >= 15 is 4.39 Å². The van der Waals surface area contributed by atoms with Gasteiger partial charge >= 0.3 is 5.97 Å². The van der Waals surface area contributed by atoms with E-state index in [1.165, 1.54) is 6.07 Å². The summed E-state index contributed by atoms with van der Waals surface area (Å²) in [5.41, 5.74) is 2.78. The Morgan fingerprint density at radius 2 is 1.97 bits per heavy atom. The van der Waals surface area contributed by atoms with Gasteiger partial charge in [0.05, 0.1) is 35.9 Å². The Hall–Kier alpha value is -3.33. The van der Waals surface area contributed by atoms with Crippen molar-refractivity contribution in [3.05, 3.63) is 53.1 Å². The second kappa shape index (κ2) is 8.90. The minimum Gasteiger partial charge on any atom is -0.481 e. The number of carboxylic acids is 1. The summed E-state index contributed by atoms with van der Waals surface area (Å²) in [5, 5.41) is 13.9. The molecule has 1 aromatic carbocycles. The van der Waals surface area contributed by atoms with Crippen molar-refractivity contribution in [1.82, 2.24) is 19.5 Å². The van der Waals surface area contributed by atoms with Crippen LogP contribution in [0.4, 0.5) is 4.39 Å². The molecule has 3 fully saturated rings. The molecule has 9 heteroatoms. The molecule has 4 heterocycles. The predicted octanol–water partition coefficient (Wildman–Crippen LogP) is 4.42. The first-order valence-corrected chi connectivity index (χ1v) is 13.1. The van der Waals surface area contributed by atoms with Crippen molar-refractivity contribution in [1.29, 1.82) is 0 Å². The van der Waals surface area contributed by atoms with E-state index in [0.717, 1.165) is 31.4 Å². The number of likely N-dealkylation sites (tertiary alicyclic amines) is 1. The molecule has 6 rings (SSSR count). The van der Waals surface area contributed by atoms with Gasteiger partial charge in [-0.2, -0.15) is 5.10 Å². The lowest BCUT2D eigenvalue weighted by Gasteiger charge is -2.38. The Balaban J connectivity index is 1.39. The van der Waals surface area contributed by atoms with Gasteiger partial charge in [-0.05, 0) is 62.8 Å². The number of carboxylic acid groups (broad SMARTS) is 1. The second-order valence-electron chi connectivity index (χ2n) is 11.1. The van der Waals surface area contributed by atoms with Crippen molar-refractivity contribution in [2.75, 3.05) is 19.8 Å². The Labute approximate surface area is 214 Å². The number of benzene rings is 1. The molecule has 1 N–H and O–H groups in total. The van der Waals surface area contributed by atoms with Crippen molar-refractivity contribution < 1.29 is 23.8 Å². The van der Waals surface area contributed by atoms with Gasteiger partial charge in [-0.15, -0.1) is 0 Å². The minimum atomic E-state index is -0.846. The smallest absolute Gasteiger partial charge is 0.307 e. The van der Waals surface area contributed by atoms with Crippen molar-refractivity contribution >= 4 is 17.5 Å². The van der Waals surface area contributed by atoms with Gasteiger partial charge in [0.2, 0.25) is 0 Å². The lowest BCUT2D eigenvalue weighted by atomic mass is 9.84. The Bertz CT molecular complexity index is 1400. The molecule has 1 aliphatic carbocycles. The normalized spacial score (nSPS) is 24.9. The molecule has 3 atom stereocenters. The van der Waals surface area contributed by atoms with E-state index in [-0.39, 0.29) is 23.3 Å². The maximum Gasteiger partial charge on any atom is 0.307 e.